The van der Waals surface area contributed by atoms with Crippen LogP contribution >= 0.6 is 0 Å². The van der Waals surface area contributed by atoms with Crippen molar-refractivity contribution < 1.29 is 4.79 Å². The van der Waals surface area contributed by atoms with Gasteiger partial charge in [0.25, 0.3) is 11.5 Å². The number of carbonyl (C=O) groups is 1. The highest BCUT2D eigenvalue weighted by Crippen LogP contribution is 2.15. The van der Waals surface area contributed by atoms with Gasteiger partial charge in [0.1, 0.15) is 5.65 Å². The Balaban J connectivity index is 2.13. The summed E-state index contributed by atoms with van der Waals surface area (Å²) in [6.45, 7) is 5.52. The smallest absolute Gasteiger partial charge is 0.332 e. The van der Waals surface area contributed by atoms with E-state index in [-0.39, 0.29) is 23.3 Å². The Labute approximate surface area is 144 Å². The quantitative estimate of drug-likeness (QED) is 0.838. The summed E-state index contributed by atoms with van der Waals surface area (Å²) in [5, 5.41) is 0.275. The summed E-state index contributed by atoms with van der Waals surface area (Å²) in [6, 6.07) is 1.52. The molecule has 1 fully saturated rings. The van der Waals surface area contributed by atoms with Crippen molar-refractivity contribution in [2.45, 2.75) is 32.9 Å². The van der Waals surface area contributed by atoms with Crippen LogP contribution in [-0.2, 0) is 13.6 Å². The number of fused-ring (bicyclic) bond motifs is 1. The number of rotatable bonds is 3. The molecule has 0 radical (unpaired) electrons. The third-order valence-corrected chi connectivity index (χ3v) is 4.48. The van der Waals surface area contributed by atoms with Gasteiger partial charge in [0.2, 0.25) is 0 Å². The summed E-state index contributed by atoms with van der Waals surface area (Å²) in [5.74, 6) is 0.0265. The second-order valence-electron chi connectivity index (χ2n) is 7.05. The molecule has 25 heavy (non-hydrogen) atoms. The van der Waals surface area contributed by atoms with E-state index in [1.807, 2.05) is 13.8 Å². The van der Waals surface area contributed by atoms with E-state index in [1.54, 1.807) is 4.90 Å². The van der Waals surface area contributed by atoms with Gasteiger partial charge in [-0.3, -0.25) is 18.7 Å². The molecule has 0 bridgehead atoms. The third-order valence-electron chi connectivity index (χ3n) is 4.48. The Bertz CT molecular complexity index is 944. The Hall–Kier alpha value is -2.48. The van der Waals surface area contributed by atoms with Crippen molar-refractivity contribution in [2.24, 2.45) is 18.7 Å². The average molecular weight is 345 g/mol. The van der Waals surface area contributed by atoms with E-state index >= 15 is 0 Å². The Kier molecular flexibility index (Phi) is 4.47. The first-order valence-electron chi connectivity index (χ1n) is 8.44. The fraction of sp³-hybridized carbons (Fsp3) is 0.529. The van der Waals surface area contributed by atoms with Gasteiger partial charge in [0.05, 0.1) is 10.9 Å². The van der Waals surface area contributed by atoms with Crippen molar-refractivity contribution in [3.8, 4) is 0 Å². The molecule has 3 heterocycles. The number of aromatic nitrogens is 3. The fourth-order valence-electron chi connectivity index (χ4n) is 3.17. The molecule has 0 aromatic carbocycles. The van der Waals surface area contributed by atoms with Crippen LogP contribution in [-0.4, -0.2) is 44.1 Å². The van der Waals surface area contributed by atoms with Gasteiger partial charge in [-0.2, -0.15) is 0 Å². The predicted molar refractivity (Wildman–Crippen MR) is 94.6 cm³/mol. The van der Waals surface area contributed by atoms with Crippen LogP contribution in [0.25, 0.3) is 11.0 Å². The standard InChI is InChI=1S/C17H23N5O3/c1-10(2)8-22-14-13(16(24)20(3)17(22)25)6-11(7-19-14)15(23)21-5-4-12(18)9-21/h6-7,10,12H,4-5,8-9,18H2,1-3H3/t12-/m0/s1. The van der Waals surface area contributed by atoms with Gasteiger partial charge in [-0.15, -0.1) is 0 Å². The van der Waals surface area contributed by atoms with Crippen LogP contribution in [0.3, 0.4) is 0 Å². The van der Waals surface area contributed by atoms with E-state index in [0.717, 1.165) is 11.0 Å². The monoisotopic (exact) mass is 345 g/mol. The van der Waals surface area contributed by atoms with Gasteiger partial charge in [-0.1, -0.05) is 13.8 Å². The summed E-state index contributed by atoms with van der Waals surface area (Å²) >= 11 is 0. The highest BCUT2D eigenvalue weighted by Gasteiger charge is 2.25. The van der Waals surface area contributed by atoms with Crippen LogP contribution in [0.15, 0.2) is 21.9 Å². The zero-order valence-electron chi connectivity index (χ0n) is 14.7. The van der Waals surface area contributed by atoms with Gasteiger partial charge in [-0.25, -0.2) is 9.78 Å². The molecule has 3 rings (SSSR count). The van der Waals surface area contributed by atoms with Crippen molar-refractivity contribution in [1.82, 2.24) is 19.0 Å². The molecule has 1 aliphatic rings. The van der Waals surface area contributed by atoms with E-state index in [4.69, 9.17) is 5.73 Å². The van der Waals surface area contributed by atoms with E-state index in [0.29, 0.717) is 30.8 Å². The average Bonchev–Trinajstić information content (AvgIpc) is 3.02. The van der Waals surface area contributed by atoms with Gasteiger partial charge in [0, 0.05) is 38.9 Å². The second-order valence-corrected chi connectivity index (χ2v) is 7.05. The molecule has 1 amide bonds. The van der Waals surface area contributed by atoms with Crippen molar-refractivity contribution in [3.63, 3.8) is 0 Å². The van der Waals surface area contributed by atoms with Gasteiger partial charge >= 0.3 is 5.69 Å². The second kappa shape index (κ2) is 6.44. The molecule has 1 aliphatic heterocycles. The van der Waals surface area contributed by atoms with Crippen molar-refractivity contribution in [2.75, 3.05) is 13.1 Å². The molecule has 2 N–H and O–H groups in total. The predicted octanol–water partition coefficient (Wildman–Crippen LogP) is -0.0756. The minimum absolute atomic E-state index is 0.0125. The molecule has 0 saturated carbocycles. The molecule has 134 valence electrons. The molecular weight excluding hydrogens is 322 g/mol. The van der Waals surface area contributed by atoms with E-state index < -0.39 is 11.2 Å². The number of nitrogens with two attached hydrogens (primary N) is 1. The number of nitrogens with zero attached hydrogens (tertiary/aromatic N) is 4. The molecule has 8 heteroatoms. The van der Waals surface area contributed by atoms with Crippen LogP contribution in [0.2, 0.25) is 0 Å². The van der Waals surface area contributed by atoms with Crippen LogP contribution in [0, 0.1) is 5.92 Å². The Morgan fingerprint density at radius 1 is 1.40 bits per heavy atom. The van der Waals surface area contributed by atoms with E-state index in [9.17, 15) is 14.4 Å². The maximum Gasteiger partial charge on any atom is 0.332 e. The first-order chi connectivity index (χ1) is 11.8. The van der Waals surface area contributed by atoms with Crippen molar-refractivity contribution >= 4 is 16.9 Å². The first-order valence-corrected chi connectivity index (χ1v) is 8.44. The fourth-order valence-corrected chi connectivity index (χ4v) is 3.17. The molecule has 1 saturated heterocycles. The number of pyridine rings is 1. The van der Waals surface area contributed by atoms with Gasteiger partial charge < -0.3 is 10.6 Å². The van der Waals surface area contributed by atoms with Crippen molar-refractivity contribution in [1.29, 1.82) is 0 Å². The lowest BCUT2D eigenvalue weighted by Gasteiger charge is -2.17. The summed E-state index contributed by atoms with van der Waals surface area (Å²) in [7, 11) is 1.44. The molecular formula is C17H23N5O3. The lowest BCUT2D eigenvalue weighted by Crippen LogP contribution is -2.39. The van der Waals surface area contributed by atoms with Crippen LogP contribution in [0.4, 0.5) is 0 Å². The molecule has 0 unspecified atom stereocenters. The number of hydrogen-bond acceptors (Lipinski definition) is 5. The normalized spacial score (nSPS) is 17.6. The first kappa shape index (κ1) is 17.3. The largest absolute Gasteiger partial charge is 0.337 e. The minimum atomic E-state index is -0.444. The third kappa shape index (κ3) is 3.09. The number of amides is 1. The minimum Gasteiger partial charge on any atom is -0.337 e. The summed E-state index contributed by atoms with van der Waals surface area (Å²) in [4.78, 5) is 43.5. The zero-order valence-corrected chi connectivity index (χ0v) is 14.7. The molecule has 0 aliphatic carbocycles. The summed E-state index contributed by atoms with van der Waals surface area (Å²) in [6.07, 6.45) is 2.20. The summed E-state index contributed by atoms with van der Waals surface area (Å²) < 4.78 is 2.55. The SMILES string of the molecule is CC(C)Cn1c(=O)n(C)c(=O)c2cc(C(=O)N3CC[C@H](N)C3)cnc21. The molecule has 2 aromatic heterocycles. The lowest BCUT2D eigenvalue weighted by atomic mass is 10.2. The zero-order chi connectivity index (χ0) is 18.3. The number of hydrogen-bond donors (Lipinski definition) is 1. The number of carbonyl (C=O) groups excluding carboxylic acids is 1. The van der Waals surface area contributed by atoms with Crippen LogP contribution in [0.1, 0.15) is 30.6 Å². The number of likely N-dealkylation sites (tertiary alicyclic amines) is 1. The van der Waals surface area contributed by atoms with Crippen LogP contribution in [0.5, 0.6) is 0 Å². The molecule has 1 atom stereocenters. The maximum atomic E-state index is 12.6. The van der Waals surface area contributed by atoms with Crippen molar-refractivity contribution in [3.05, 3.63) is 38.7 Å². The van der Waals surface area contributed by atoms with Gasteiger partial charge in [-0.05, 0) is 18.4 Å². The molecule has 0 spiro atoms. The van der Waals surface area contributed by atoms with E-state index in [1.165, 1.54) is 23.9 Å². The molecule has 2 aromatic rings. The summed E-state index contributed by atoms with van der Waals surface area (Å²) in [5.41, 5.74) is 5.67. The maximum absolute atomic E-state index is 12.6. The molecule has 8 nitrogen and oxygen atoms in total. The Morgan fingerprint density at radius 2 is 2.12 bits per heavy atom. The van der Waals surface area contributed by atoms with E-state index in [2.05, 4.69) is 4.98 Å². The highest BCUT2D eigenvalue weighted by molar-refractivity contribution is 5.96. The Morgan fingerprint density at radius 3 is 2.72 bits per heavy atom. The van der Waals surface area contributed by atoms with Gasteiger partial charge in [0.15, 0.2) is 0 Å². The van der Waals surface area contributed by atoms with Crippen LogP contribution < -0.4 is 17.0 Å². The highest BCUT2D eigenvalue weighted by atomic mass is 16.2. The topological polar surface area (TPSA) is 103 Å². The lowest BCUT2D eigenvalue weighted by molar-refractivity contribution is 0.0790.